The molecule has 2 heterocycles. The third kappa shape index (κ3) is 6.26. The van der Waals surface area contributed by atoms with Gasteiger partial charge in [-0.25, -0.2) is 0 Å². The van der Waals surface area contributed by atoms with E-state index in [0.29, 0.717) is 13.0 Å². The molecule has 28 heavy (non-hydrogen) atoms. The van der Waals surface area contributed by atoms with Crippen LogP contribution in [0.4, 0.5) is 0 Å². The van der Waals surface area contributed by atoms with Gasteiger partial charge >= 0.3 is 5.97 Å². The lowest BCUT2D eigenvalue weighted by atomic mass is 9.90. The van der Waals surface area contributed by atoms with Crippen molar-refractivity contribution in [2.24, 2.45) is 5.92 Å². The van der Waals surface area contributed by atoms with Crippen LogP contribution in [-0.2, 0) is 14.0 Å². The lowest BCUT2D eigenvalue weighted by molar-refractivity contribution is -0.136. The number of allylic oxidation sites excluding steroid dienone is 2. The second-order valence-electron chi connectivity index (χ2n) is 9.10. The van der Waals surface area contributed by atoms with Crippen LogP contribution in [-0.4, -0.2) is 37.1 Å². The fourth-order valence-corrected chi connectivity index (χ4v) is 4.63. The van der Waals surface area contributed by atoms with E-state index in [1.54, 1.807) is 6.20 Å². The van der Waals surface area contributed by atoms with Gasteiger partial charge in [-0.15, -0.1) is 0 Å². The van der Waals surface area contributed by atoms with Gasteiger partial charge in [-0.2, -0.15) is 0 Å². The van der Waals surface area contributed by atoms with Crippen molar-refractivity contribution in [3.8, 4) is 0 Å². The van der Waals surface area contributed by atoms with Crippen molar-refractivity contribution in [1.82, 2.24) is 4.98 Å². The van der Waals surface area contributed by atoms with Crippen molar-refractivity contribution in [3.05, 3.63) is 42.2 Å². The molecule has 5 nitrogen and oxygen atoms in total. The summed E-state index contributed by atoms with van der Waals surface area (Å²) in [4.78, 5) is 14.9. The number of aromatic nitrogens is 1. The van der Waals surface area contributed by atoms with Crippen molar-refractivity contribution in [3.63, 3.8) is 0 Å². The lowest BCUT2D eigenvalue weighted by Gasteiger charge is -2.39. The monoisotopic (exact) mass is 405 g/mol. The van der Waals surface area contributed by atoms with Crippen LogP contribution in [0.5, 0.6) is 0 Å². The normalized spacial score (nSPS) is 23.4. The lowest BCUT2D eigenvalue weighted by Crippen LogP contribution is -2.45. The molecule has 3 unspecified atom stereocenters. The van der Waals surface area contributed by atoms with E-state index < -0.39 is 14.3 Å². The van der Waals surface area contributed by atoms with E-state index in [1.807, 2.05) is 18.3 Å². The third-order valence-corrected chi connectivity index (χ3v) is 10.4. The van der Waals surface area contributed by atoms with E-state index in [2.05, 4.69) is 51.0 Å². The number of hydrogen-bond acceptors (Lipinski definition) is 4. The molecule has 0 aliphatic carbocycles. The molecule has 6 heteroatoms. The molecule has 1 N–H and O–H groups in total. The molecule has 1 aromatic heterocycles. The Morgan fingerprint density at radius 2 is 2.07 bits per heavy atom. The first-order chi connectivity index (χ1) is 13.1. The fraction of sp³-hybridized carbons (Fsp3) is 0.636. The number of pyridine rings is 1. The van der Waals surface area contributed by atoms with Crippen molar-refractivity contribution in [2.45, 2.75) is 76.8 Å². The van der Waals surface area contributed by atoms with Crippen LogP contribution >= 0.6 is 0 Å². The Bertz CT molecular complexity index is 654. The van der Waals surface area contributed by atoms with E-state index in [4.69, 9.17) is 14.3 Å². The standard InChI is InChI=1S/C22H35NO4Si/c1-22(2,3)28(4,5)27-19-16-26-21(17-11-10-14-23-15-17)18(19)12-8-6-7-9-13-20(24)25/h6-7,10-11,14-15,18-19,21H,8-9,12-13,16H2,1-5H3,(H,24,25)/b7-6-. The summed E-state index contributed by atoms with van der Waals surface area (Å²) in [6.45, 7) is 12.0. The molecule has 0 radical (unpaired) electrons. The smallest absolute Gasteiger partial charge is 0.303 e. The number of ether oxygens (including phenoxy) is 1. The van der Waals surface area contributed by atoms with Crippen LogP contribution in [0.2, 0.25) is 18.1 Å². The highest BCUT2D eigenvalue weighted by atomic mass is 28.4. The molecule has 1 saturated heterocycles. The minimum absolute atomic E-state index is 0.00381. The summed E-state index contributed by atoms with van der Waals surface area (Å²) in [7, 11) is -1.89. The largest absolute Gasteiger partial charge is 0.481 e. The van der Waals surface area contributed by atoms with E-state index in [1.165, 1.54) is 0 Å². The molecule has 156 valence electrons. The number of carbonyl (C=O) groups is 1. The van der Waals surface area contributed by atoms with E-state index >= 15 is 0 Å². The maximum absolute atomic E-state index is 10.6. The Morgan fingerprint density at radius 1 is 1.36 bits per heavy atom. The van der Waals surface area contributed by atoms with Gasteiger partial charge in [0, 0.05) is 24.7 Å². The fourth-order valence-electron chi connectivity index (χ4n) is 3.27. The van der Waals surface area contributed by atoms with Crippen molar-refractivity contribution in [2.75, 3.05) is 6.61 Å². The minimum atomic E-state index is -1.89. The van der Waals surface area contributed by atoms with Crippen LogP contribution in [0.25, 0.3) is 0 Å². The highest BCUT2D eigenvalue weighted by Gasteiger charge is 2.45. The maximum atomic E-state index is 10.6. The predicted molar refractivity (Wildman–Crippen MR) is 114 cm³/mol. The van der Waals surface area contributed by atoms with Crippen LogP contribution in [0.3, 0.4) is 0 Å². The van der Waals surface area contributed by atoms with Gasteiger partial charge in [0.2, 0.25) is 0 Å². The molecule has 0 amide bonds. The zero-order valence-corrected chi connectivity index (χ0v) is 18.9. The molecular formula is C22H35NO4Si. The molecule has 0 aromatic carbocycles. The Labute approximate surface area is 170 Å². The zero-order valence-electron chi connectivity index (χ0n) is 17.9. The van der Waals surface area contributed by atoms with Crippen LogP contribution in [0, 0.1) is 5.92 Å². The molecule has 2 rings (SSSR count). The molecule has 1 aliphatic rings. The highest BCUT2D eigenvalue weighted by Crippen LogP contribution is 2.44. The summed E-state index contributed by atoms with van der Waals surface area (Å²) in [5, 5.41) is 8.90. The molecule has 0 spiro atoms. The SMILES string of the molecule is CC(C)(C)[Si](C)(C)OC1COC(c2cccnc2)C1CC/C=C\CCC(=O)O. The van der Waals surface area contributed by atoms with E-state index in [-0.39, 0.29) is 29.6 Å². The Morgan fingerprint density at radius 3 is 2.68 bits per heavy atom. The summed E-state index contributed by atoms with van der Waals surface area (Å²) in [6.07, 6.45) is 10.4. The van der Waals surface area contributed by atoms with Crippen molar-refractivity contribution in [1.29, 1.82) is 0 Å². The number of carboxylic acid groups (broad SMARTS) is 1. The van der Waals surface area contributed by atoms with Gasteiger partial charge in [0.1, 0.15) is 0 Å². The maximum Gasteiger partial charge on any atom is 0.303 e. The van der Waals surface area contributed by atoms with Gasteiger partial charge in [0.05, 0.1) is 18.8 Å². The molecule has 1 aliphatic heterocycles. The first kappa shape index (κ1) is 22.8. The molecule has 1 aromatic rings. The Hall–Kier alpha value is -1.50. The van der Waals surface area contributed by atoms with Gasteiger partial charge in [-0.05, 0) is 49.0 Å². The number of hydrogen-bond donors (Lipinski definition) is 1. The van der Waals surface area contributed by atoms with Crippen molar-refractivity contribution < 1.29 is 19.1 Å². The van der Waals surface area contributed by atoms with Crippen LogP contribution in [0.1, 0.15) is 58.1 Å². The molecule has 3 atom stereocenters. The average molecular weight is 406 g/mol. The van der Waals surface area contributed by atoms with Crippen LogP contribution < -0.4 is 0 Å². The minimum Gasteiger partial charge on any atom is -0.481 e. The first-order valence-corrected chi connectivity index (χ1v) is 13.1. The molecule has 1 fully saturated rings. The highest BCUT2D eigenvalue weighted by molar-refractivity contribution is 6.74. The number of aliphatic carboxylic acids is 1. The number of nitrogens with zero attached hydrogens (tertiary/aromatic N) is 1. The Balaban J connectivity index is 2.07. The molecule has 0 bridgehead atoms. The quantitative estimate of drug-likeness (QED) is 0.442. The first-order valence-electron chi connectivity index (χ1n) is 10.2. The topological polar surface area (TPSA) is 68.7 Å². The third-order valence-electron chi connectivity index (χ3n) is 5.93. The average Bonchev–Trinajstić information content (AvgIpc) is 2.99. The van der Waals surface area contributed by atoms with E-state index in [9.17, 15) is 4.79 Å². The molecule has 0 saturated carbocycles. The van der Waals surface area contributed by atoms with Gasteiger partial charge in [-0.3, -0.25) is 9.78 Å². The van der Waals surface area contributed by atoms with E-state index in [0.717, 1.165) is 18.4 Å². The summed E-state index contributed by atoms with van der Waals surface area (Å²) in [5.41, 5.74) is 1.10. The number of carboxylic acids is 1. The van der Waals surface area contributed by atoms with Gasteiger partial charge < -0.3 is 14.3 Å². The summed E-state index contributed by atoms with van der Waals surface area (Å²) >= 11 is 0. The van der Waals surface area contributed by atoms with Gasteiger partial charge in [-0.1, -0.05) is 39.0 Å². The van der Waals surface area contributed by atoms with Crippen LogP contribution in [0.15, 0.2) is 36.7 Å². The zero-order chi connectivity index (χ0) is 20.8. The number of rotatable bonds is 9. The second-order valence-corrected chi connectivity index (χ2v) is 13.9. The van der Waals surface area contributed by atoms with Crippen molar-refractivity contribution >= 4 is 14.3 Å². The van der Waals surface area contributed by atoms with Gasteiger partial charge in [0.15, 0.2) is 8.32 Å². The predicted octanol–water partition coefficient (Wildman–Crippen LogP) is 5.36. The second kappa shape index (κ2) is 9.81. The summed E-state index contributed by atoms with van der Waals surface area (Å²) < 4.78 is 12.9. The summed E-state index contributed by atoms with van der Waals surface area (Å²) in [6, 6.07) is 4.02. The molecular weight excluding hydrogens is 370 g/mol. The van der Waals surface area contributed by atoms with Gasteiger partial charge in [0.25, 0.3) is 0 Å². The summed E-state index contributed by atoms with van der Waals surface area (Å²) in [5.74, 6) is -0.490. The Kier molecular flexibility index (Phi) is 7.98.